The molecule has 0 saturated carbocycles. The molecule has 4 rings (SSSR count). The first kappa shape index (κ1) is 18.3. The van der Waals surface area contributed by atoms with E-state index in [2.05, 4.69) is 18.0 Å². The van der Waals surface area contributed by atoms with Crippen molar-refractivity contribution >= 4 is 32.6 Å². The highest BCUT2D eigenvalue weighted by Gasteiger charge is 2.23. The predicted octanol–water partition coefficient (Wildman–Crippen LogP) is 5.46. The van der Waals surface area contributed by atoms with Crippen molar-refractivity contribution in [3.63, 3.8) is 0 Å². The predicted molar refractivity (Wildman–Crippen MR) is 115 cm³/mol. The molecule has 0 radical (unpaired) electrons. The van der Waals surface area contributed by atoms with E-state index >= 15 is 0 Å². The van der Waals surface area contributed by atoms with Crippen LogP contribution < -0.4 is 4.90 Å². The quantitative estimate of drug-likeness (QED) is 0.467. The Kier molecular flexibility index (Phi) is 4.92. The van der Waals surface area contributed by atoms with E-state index in [1.165, 1.54) is 16.9 Å². The summed E-state index contributed by atoms with van der Waals surface area (Å²) < 4.78 is 1.08. The van der Waals surface area contributed by atoms with Crippen molar-refractivity contribution < 1.29 is 4.79 Å². The molecule has 2 aromatic carbocycles. The van der Waals surface area contributed by atoms with Gasteiger partial charge in [0.15, 0.2) is 5.13 Å². The Morgan fingerprint density at radius 1 is 1.00 bits per heavy atom. The molecular weight excluding hydrogens is 366 g/mol. The molecule has 4 nitrogen and oxygen atoms in total. The van der Waals surface area contributed by atoms with Crippen LogP contribution in [0.3, 0.4) is 0 Å². The van der Waals surface area contributed by atoms with E-state index in [0.29, 0.717) is 17.2 Å². The zero-order valence-electron chi connectivity index (χ0n) is 16.1. The van der Waals surface area contributed by atoms with Crippen molar-refractivity contribution in [2.45, 2.75) is 27.3 Å². The molecule has 0 bridgehead atoms. The van der Waals surface area contributed by atoms with E-state index in [-0.39, 0.29) is 5.91 Å². The molecule has 1 amide bonds. The van der Waals surface area contributed by atoms with E-state index in [4.69, 9.17) is 4.98 Å². The van der Waals surface area contributed by atoms with Gasteiger partial charge in [0.25, 0.3) is 5.91 Å². The number of nitrogens with zero attached hydrogens (tertiary/aromatic N) is 3. The number of carbonyl (C=O) groups is 1. The van der Waals surface area contributed by atoms with Gasteiger partial charge < -0.3 is 0 Å². The van der Waals surface area contributed by atoms with Crippen LogP contribution in [0, 0.1) is 20.8 Å². The molecule has 140 valence electrons. The normalized spacial score (nSPS) is 11.0. The second-order valence-electron chi connectivity index (χ2n) is 7.00. The van der Waals surface area contributed by atoms with E-state index in [1.54, 1.807) is 11.1 Å². The van der Waals surface area contributed by atoms with E-state index in [9.17, 15) is 4.79 Å². The largest absolute Gasteiger partial charge is 0.278 e. The zero-order valence-corrected chi connectivity index (χ0v) is 17.0. The Hall–Kier alpha value is -3.05. The van der Waals surface area contributed by atoms with Gasteiger partial charge in [0.05, 0.1) is 22.5 Å². The third-order valence-electron chi connectivity index (χ3n) is 4.68. The third kappa shape index (κ3) is 3.66. The first-order valence-electron chi connectivity index (χ1n) is 9.17. The van der Waals surface area contributed by atoms with Crippen LogP contribution in [0.5, 0.6) is 0 Å². The molecule has 0 aliphatic rings. The van der Waals surface area contributed by atoms with Crippen LogP contribution in [0.2, 0.25) is 0 Å². The second kappa shape index (κ2) is 7.52. The van der Waals surface area contributed by atoms with E-state index in [0.717, 1.165) is 27.0 Å². The van der Waals surface area contributed by atoms with Crippen LogP contribution in [0.25, 0.3) is 10.2 Å². The molecule has 0 N–H and O–H groups in total. The summed E-state index contributed by atoms with van der Waals surface area (Å²) in [6.07, 6.45) is 1.75. The monoisotopic (exact) mass is 387 g/mol. The van der Waals surface area contributed by atoms with Crippen LogP contribution in [-0.4, -0.2) is 15.9 Å². The van der Waals surface area contributed by atoms with Gasteiger partial charge in [-0.2, -0.15) is 0 Å². The summed E-state index contributed by atoms with van der Waals surface area (Å²) in [5.41, 5.74) is 5.64. The van der Waals surface area contributed by atoms with Crippen molar-refractivity contribution in [2.24, 2.45) is 0 Å². The minimum Gasteiger partial charge on any atom is -0.278 e. The maximum Gasteiger partial charge on any atom is 0.260 e. The fraction of sp³-hybridized carbons (Fsp3) is 0.174. The molecule has 5 heteroatoms. The second-order valence-corrected chi connectivity index (χ2v) is 8.01. The molecule has 0 aliphatic heterocycles. The van der Waals surface area contributed by atoms with Crippen molar-refractivity contribution in [3.8, 4) is 0 Å². The minimum atomic E-state index is -0.0531. The summed E-state index contributed by atoms with van der Waals surface area (Å²) >= 11 is 1.54. The molecule has 0 atom stereocenters. The fourth-order valence-corrected chi connectivity index (χ4v) is 4.19. The number of hydrogen-bond donors (Lipinski definition) is 0. The number of rotatable bonds is 4. The molecular formula is C23H21N3OS. The first-order valence-corrected chi connectivity index (χ1v) is 9.99. The topological polar surface area (TPSA) is 46.1 Å². The van der Waals surface area contributed by atoms with Gasteiger partial charge in [-0.05, 0) is 62.2 Å². The SMILES string of the molecule is Cc1ccc(C)c(C(=O)N(Cc2ccccn2)c2nc3ccc(C)cc3s2)c1. The molecule has 0 unspecified atom stereocenters. The van der Waals surface area contributed by atoms with Crippen LogP contribution >= 0.6 is 11.3 Å². The molecule has 2 aromatic heterocycles. The van der Waals surface area contributed by atoms with Gasteiger partial charge >= 0.3 is 0 Å². The average Bonchev–Trinajstić information content (AvgIpc) is 3.11. The number of pyridine rings is 1. The van der Waals surface area contributed by atoms with Gasteiger partial charge in [-0.15, -0.1) is 0 Å². The number of aryl methyl sites for hydroxylation is 3. The van der Waals surface area contributed by atoms with E-state index in [1.807, 2.05) is 62.4 Å². The Morgan fingerprint density at radius 2 is 1.79 bits per heavy atom. The van der Waals surface area contributed by atoms with Crippen LogP contribution in [-0.2, 0) is 6.54 Å². The zero-order chi connectivity index (χ0) is 19.7. The lowest BCUT2D eigenvalue weighted by atomic mass is 10.0. The van der Waals surface area contributed by atoms with Crippen molar-refractivity contribution in [1.29, 1.82) is 0 Å². The van der Waals surface area contributed by atoms with Crippen molar-refractivity contribution in [3.05, 3.63) is 88.7 Å². The van der Waals surface area contributed by atoms with Gasteiger partial charge in [0.2, 0.25) is 0 Å². The number of fused-ring (bicyclic) bond motifs is 1. The molecule has 2 heterocycles. The highest BCUT2D eigenvalue weighted by molar-refractivity contribution is 7.22. The molecule has 0 aliphatic carbocycles. The summed E-state index contributed by atoms with van der Waals surface area (Å²) in [4.78, 5) is 24.4. The average molecular weight is 388 g/mol. The highest BCUT2D eigenvalue weighted by atomic mass is 32.1. The number of hydrogen-bond acceptors (Lipinski definition) is 4. The van der Waals surface area contributed by atoms with Crippen LogP contribution in [0.1, 0.15) is 32.7 Å². The Balaban J connectivity index is 1.80. The smallest absolute Gasteiger partial charge is 0.260 e. The lowest BCUT2D eigenvalue weighted by molar-refractivity contribution is 0.0984. The summed E-state index contributed by atoms with van der Waals surface area (Å²) in [6, 6.07) is 17.9. The van der Waals surface area contributed by atoms with Gasteiger partial charge in [-0.3, -0.25) is 14.7 Å². The number of anilines is 1. The number of benzene rings is 2. The van der Waals surface area contributed by atoms with E-state index < -0.39 is 0 Å². The number of thiazole rings is 1. The number of carbonyl (C=O) groups excluding carboxylic acids is 1. The lowest BCUT2D eigenvalue weighted by Gasteiger charge is -2.21. The van der Waals surface area contributed by atoms with Crippen LogP contribution in [0.15, 0.2) is 60.8 Å². The number of amides is 1. The number of aromatic nitrogens is 2. The van der Waals surface area contributed by atoms with Gasteiger partial charge in [0.1, 0.15) is 0 Å². The summed E-state index contributed by atoms with van der Waals surface area (Å²) in [6.45, 7) is 6.41. The maximum absolute atomic E-state index is 13.5. The molecule has 4 aromatic rings. The summed E-state index contributed by atoms with van der Waals surface area (Å²) in [5, 5.41) is 0.692. The first-order chi connectivity index (χ1) is 13.5. The molecule has 0 spiro atoms. The standard InChI is InChI=1S/C23H21N3OS/c1-15-7-9-17(3)19(12-15)22(27)26(14-18-6-4-5-11-24-18)23-25-20-10-8-16(2)13-21(20)28-23/h4-13H,14H2,1-3H3. The van der Waals surface area contributed by atoms with Gasteiger partial charge in [0, 0.05) is 11.8 Å². The Labute approximate surface area is 168 Å². The van der Waals surface area contributed by atoms with Crippen molar-refractivity contribution in [1.82, 2.24) is 9.97 Å². The lowest BCUT2D eigenvalue weighted by Crippen LogP contribution is -2.31. The minimum absolute atomic E-state index is 0.0531. The molecule has 0 saturated heterocycles. The maximum atomic E-state index is 13.5. The summed E-state index contributed by atoms with van der Waals surface area (Å²) in [5.74, 6) is -0.0531. The highest BCUT2D eigenvalue weighted by Crippen LogP contribution is 2.31. The Bertz CT molecular complexity index is 1150. The van der Waals surface area contributed by atoms with Gasteiger partial charge in [-0.1, -0.05) is 41.2 Å². The van der Waals surface area contributed by atoms with Crippen molar-refractivity contribution in [2.75, 3.05) is 4.90 Å². The van der Waals surface area contributed by atoms with Crippen LogP contribution in [0.4, 0.5) is 5.13 Å². The third-order valence-corrected chi connectivity index (χ3v) is 5.72. The molecule has 0 fully saturated rings. The summed E-state index contributed by atoms with van der Waals surface area (Å²) in [7, 11) is 0. The van der Waals surface area contributed by atoms with Gasteiger partial charge in [-0.25, -0.2) is 4.98 Å². The fourth-order valence-electron chi connectivity index (χ4n) is 3.13. The molecule has 28 heavy (non-hydrogen) atoms. The Morgan fingerprint density at radius 3 is 2.57 bits per heavy atom.